The summed E-state index contributed by atoms with van der Waals surface area (Å²) in [6, 6.07) is 5.36. The van der Waals surface area contributed by atoms with Gasteiger partial charge in [0.2, 0.25) is 0 Å². The lowest BCUT2D eigenvalue weighted by Crippen LogP contribution is -2.45. The van der Waals surface area contributed by atoms with Crippen molar-refractivity contribution in [3.05, 3.63) is 33.3 Å². The van der Waals surface area contributed by atoms with E-state index in [4.69, 9.17) is 11.6 Å². The van der Waals surface area contributed by atoms with E-state index in [2.05, 4.69) is 26.1 Å². The highest BCUT2D eigenvalue weighted by Gasteiger charge is 2.24. The molecule has 1 heterocycles. The molecule has 6 heteroatoms. The Morgan fingerprint density at radius 1 is 1.39 bits per heavy atom. The van der Waals surface area contributed by atoms with Crippen LogP contribution in [-0.4, -0.2) is 37.8 Å². The van der Waals surface area contributed by atoms with Crippen LogP contribution in [0.1, 0.15) is 11.6 Å². The molecule has 0 radical (unpaired) electrons. The summed E-state index contributed by atoms with van der Waals surface area (Å²) < 4.78 is 14.2. The van der Waals surface area contributed by atoms with Crippen molar-refractivity contribution in [2.24, 2.45) is 0 Å². The molecule has 0 amide bonds. The van der Waals surface area contributed by atoms with Gasteiger partial charge in [-0.1, -0.05) is 27.5 Å². The van der Waals surface area contributed by atoms with E-state index in [1.54, 1.807) is 0 Å². The highest BCUT2D eigenvalue weighted by atomic mass is 79.9. The van der Waals surface area contributed by atoms with Gasteiger partial charge in [0, 0.05) is 35.7 Å². The molecule has 1 aliphatic heterocycles. The van der Waals surface area contributed by atoms with Crippen LogP contribution in [0.2, 0.25) is 5.02 Å². The minimum atomic E-state index is -0.407. The van der Waals surface area contributed by atoms with E-state index in [1.165, 1.54) is 0 Å². The van der Waals surface area contributed by atoms with Gasteiger partial charge in [-0.2, -0.15) is 0 Å². The zero-order valence-corrected chi connectivity index (χ0v) is 13.0. The first-order valence-corrected chi connectivity index (χ1v) is 6.85. The van der Waals surface area contributed by atoms with Crippen molar-refractivity contribution in [3.8, 4) is 0 Å². The van der Waals surface area contributed by atoms with E-state index in [9.17, 15) is 4.39 Å². The largest absolute Gasteiger partial charge is 0.314 e. The minimum Gasteiger partial charge on any atom is -0.314 e. The molecule has 18 heavy (non-hydrogen) atoms. The molecule has 102 valence electrons. The zero-order valence-electron chi connectivity index (χ0n) is 9.83. The van der Waals surface area contributed by atoms with Crippen LogP contribution in [0.25, 0.3) is 0 Å². The smallest absolute Gasteiger partial charge is 0.109 e. The van der Waals surface area contributed by atoms with Crippen molar-refractivity contribution in [2.75, 3.05) is 32.9 Å². The fourth-order valence-corrected chi connectivity index (χ4v) is 2.76. The van der Waals surface area contributed by atoms with Crippen molar-refractivity contribution in [1.82, 2.24) is 10.2 Å². The summed E-state index contributed by atoms with van der Waals surface area (Å²) in [5.74, 6) is 0. The van der Waals surface area contributed by atoms with Crippen molar-refractivity contribution < 1.29 is 4.39 Å². The van der Waals surface area contributed by atoms with Crippen LogP contribution in [0, 0.1) is 0 Å². The van der Waals surface area contributed by atoms with E-state index in [1.807, 2.05) is 18.2 Å². The van der Waals surface area contributed by atoms with Crippen LogP contribution in [0.5, 0.6) is 0 Å². The summed E-state index contributed by atoms with van der Waals surface area (Å²) in [5, 5.41) is 3.90. The van der Waals surface area contributed by atoms with Crippen LogP contribution in [0.15, 0.2) is 22.7 Å². The molecule has 0 aromatic heterocycles. The van der Waals surface area contributed by atoms with Crippen LogP contribution >= 0.6 is 39.9 Å². The van der Waals surface area contributed by atoms with Crippen molar-refractivity contribution >= 4 is 39.9 Å². The molecule has 1 atom stereocenters. The van der Waals surface area contributed by atoms with Gasteiger partial charge in [-0.3, -0.25) is 4.90 Å². The maximum absolute atomic E-state index is 13.3. The first-order valence-electron chi connectivity index (χ1n) is 5.68. The Hall–Kier alpha value is 0.130. The summed E-state index contributed by atoms with van der Waals surface area (Å²) in [7, 11) is 0. The predicted octanol–water partition coefficient (Wildman–Crippen LogP) is 3.44. The maximum Gasteiger partial charge on any atom is 0.109 e. The Bertz CT molecular complexity index is 386. The fraction of sp³-hybridized carbons (Fsp3) is 0.500. The number of rotatable bonds is 3. The fourth-order valence-electron chi connectivity index (χ4n) is 2.14. The Labute approximate surface area is 126 Å². The number of benzene rings is 1. The Morgan fingerprint density at radius 2 is 2.06 bits per heavy atom. The third kappa shape index (κ3) is 3.81. The predicted molar refractivity (Wildman–Crippen MR) is 79.6 cm³/mol. The normalized spacial score (nSPS) is 18.2. The van der Waals surface area contributed by atoms with Gasteiger partial charge in [-0.15, -0.1) is 12.4 Å². The average molecular weight is 358 g/mol. The van der Waals surface area contributed by atoms with E-state index in [-0.39, 0.29) is 18.4 Å². The number of hydrogen-bond donors (Lipinski definition) is 1. The molecule has 1 aromatic carbocycles. The molecule has 2 nitrogen and oxygen atoms in total. The quantitative estimate of drug-likeness (QED) is 0.891. The van der Waals surface area contributed by atoms with Gasteiger partial charge in [0.05, 0.1) is 6.04 Å². The van der Waals surface area contributed by atoms with E-state index < -0.39 is 6.67 Å². The van der Waals surface area contributed by atoms with Crippen LogP contribution in [0.3, 0.4) is 0 Å². The molecular formula is C12H16BrCl2FN2. The second-order valence-electron chi connectivity index (χ2n) is 4.12. The van der Waals surface area contributed by atoms with Crippen LogP contribution < -0.4 is 5.32 Å². The number of nitrogens with one attached hydrogen (secondary N) is 1. The first-order chi connectivity index (χ1) is 8.22. The molecule has 0 bridgehead atoms. The Kier molecular flexibility index (Phi) is 6.88. The van der Waals surface area contributed by atoms with Crippen molar-refractivity contribution in [1.29, 1.82) is 0 Å². The molecular weight excluding hydrogens is 342 g/mol. The highest BCUT2D eigenvalue weighted by Crippen LogP contribution is 2.30. The number of halogens is 4. The summed E-state index contributed by atoms with van der Waals surface area (Å²) >= 11 is 9.57. The monoisotopic (exact) mass is 356 g/mol. The van der Waals surface area contributed by atoms with E-state index in [0.717, 1.165) is 36.2 Å². The third-order valence-electron chi connectivity index (χ3n) is 3.06. The van der Waals surface area contributed by atoms with Gasteiger partial charge >= 0.3 is 0 Å². The molecule has 2 rings (SSSR count). The van der Waals surface area contributed by atoms with Gasteiger partial charge in [0.25, 0.3) is 0 Å². The zero-order chi connectivity index (χ0) is 12.3. The Balaban J connectivity index is 0.00000162. The maximum atomic E-state index is 13.3. The molecule has 0 spiro atoms. The van der Waals surface area contributed by atoms with Crippen LogP contribution in [0.4, 0.5) is 4.39 Å². The Morgan fingerprint density at radius 3 is 2.67 bits per heavy atom. The SMILES string of the molecule is Cl.FC[C@H](c1cc(Br)ccc1Cl)N1CCNCC1. The lowest BCUT2D eigenvalue weighted by molar-refractivity contribution is 0.147. The van der Waals surface area contributed by atoms with E-state index >= 15 is 0 Å². The molecule has 0 unspecified atom stereocenters. The first kappa shape index (κ1) is 16.2. The van der Waals surface area contributed by atoms with Gasteiger partial charge in [0.15, 0.2) is 0 Å². The minimum absolute atomic E-state index is 0. The summed E-state index contributed by atoms with van der Waals surface area (Å²) in [4.78, 5) is 2.14. The third-order valence-corrected chi connectivity index (χ3v) is 3.89. The topological polar surface area (TPSA) is 15.3 Å². The molecule has 1 aliphatic rings. The average Bonchev–Trinajstić information content (AvgIpc) is 2.36. The van der Waals surface area contributed by atoms with Crippen LogP contribution in [-0.2, 0) is 0 Å². The number of alkyl halides is 1. The summed E-state index contributed by atoms with van der Waals surface area (Å²) in [6.07, 6.45) is 0. The summed E-state index contributed by atoms with van der Waals surface area (Å²) in [5.41, 5.74) is 0.866. The number of piperazine rings is 1. The summed E-state index contributed by atoms with van der Waals surface area (Å²) in [6.45, 7) is 3.12. The molecule has 1 saturated heterocycles. The van der Waals surface area contributed by atoms with Gasteiger partial charge in [0.1, 0.15) is 6.67 Å². The standard InChI is InChI=1S/C12H15BrClFN2.ClH/c13-9-1-2-11(14)10(7-9)12(8-15)17-5-3-16-4-6-17;/h1-2,7,12,16H,3-6,8H2;1H/t12-;/m1./s1. The molecule has 0 aliphatic carbocycles. The molecule has 1 aromatic rings. The molecule has 1 N–H and O–H groups in total. The lowest BCUT2D eigenvalue weighted by atomic mass is 10.1. The van der Waals surface area contributed by atoms with Crippen molar-refractivity contribution in [2.45, 2.75) is 6.04 Å². The number of nitrogens with zero attached hydrogens (tertiary/aromatic N) is 1. The lowest BCUT2D eigenvalue weighted by Gasteiger charge is -2.34. The van der Waals surface area contributed by atoms with E-state index in [0.29, 0.717) is 5.02 Å². The van der Waals surface area contributed by atoms with Crippen molar-refractivity contribution in [3.63, 3.8) is 0 Å². The molecule has 1 fully saturated rings. The van der Waals surface area contributed by atoms with Gasteiger partial charge < -0.3 is 5.32 Å². The number of hydrogen-bond acceptors (Lipinski definition) is 2. The second kappa shape index (κ2) is 7.65. The highest BCUT2D eigenvalue weighted by molar-refractivity contribution is 9.10. The van der Waals surface area contributed by atoms with Gasteiger partial charge in [-0.25, -0.2) is 4.39 Å². The second-order valence-corrected chi connectivity index (χ2v) is 5.44. The molecule has 0 saturated carbocycles. The van der Waals surface area contributed by atoms with Gasteiger partial charge in [-0.05, 0) is 23.8 Å².